The highest BCUT2D eigenvalue weighted by Gasteiger charge is 2.21. The van der Waals surface area contributed by atoms with Crippen LogP contribution in [0.25, 0.3) is 22.3 Å². The van der Waals surface area contributed by atoms with Gasteiger partial charge in [-0.15, -0.1) is 0 Å². The Kier molecular flexibility index (Phi) is 2.53. The standard InChI is InChI=1S/C15H15N5/c1-20-9-18-13-6-10(2-3-14(13)20)12-4-5-17-15(19-12)11-7-16-8-11/h2-6,9,11,16H,7-8H2,1H3. The van der Waals surface area contributed by atoms with Gasteiger partial charge in [0.05, 0.1) is 23.1 Å². The van der Waals surface area contributed by atoms with Crippen LogP contribution in [0.3, 0.4) is 0 Å². The van der Waals surface area contributed by atoms with Gasteiger partial charge in [0.2, 0.25) is 0 Å². The number of rotatable bonds is 2. The van der Waals surface area contributed by atoms with Gasteiger partial charge in [-0.25, -0.2) is 15.0 Å². The van der Waals surface area contributed by atoms with Gasteiger partial charge in [0.15, 0.2) is 0 Å². The van der Waals surface area contributed by atoms with E-state index in [-0.39, 0.29) is 0 Å². The van der Waals surface area contributed by atoms with Crippen LogP contribution in [0.2, 0.25) is 0 Å². The van der Waals surface area contributed by atoms with E-state index in [1.807, 2.05) is 30.2 Å². The number of hydrogen-bond donors (Lipinski definition) is 1. The van der Waals surface area contributed by atoms with Crippen molar-refractivity contribution in [3.8, 4) is 11.3 Å². The van der Waals surface area contributed by atoms with Gasteiger partial charge < -0.3 is 9.88 Å². The topological polar surface area (TPSA) is 55.6 Å². The molecule has 0 bridgehead atoms. The Morgan fingerprint density at radius 1 is 1.20 bits per heavy atom. The lowest BCUT2D eigenvalue weighted by molar-refractivity contribution is 0.430. The van der Waals surface area contributed by atoms with Crippen LogP contribution in [-0.2, 0) is 7.05 Å². The number of imidazole rings is 1. The monoisotopic (exact) mass is 265 g/mol. The fourth-order valence-corrected chi connectivity index (χ4v) is 2.50. The normalized spacial score (nSPS) is 15.4. The summed E-state index contributed by atoms with van der Waals surface area (Å²) in [6, 6.07) is 8.22. The highest BCUT2D eigenvalue weighted by molar-refractivity contribution is 5.81. The number of nitrogens with zero attached hydrogens (tertiary/aromatic N) is 4. The quantitative estimate of drug-likeness (QED) is 0.766. The van der Waals surface area contributed by atoms with Crippen LogP contribution >= 0.6 is 0 Å². The predicted molar refractivity (Wildman–Crippen MR) is 77.4 cm³/mol. The van der Waals surface area contributed by atoms with Gasteiger partial charge >= 0.3 is 0 Å². The molecule has 1 fully saturated rings. The van der Waals surface area contributed by atoms with Crippen molar-refractivity contribution >= 4 is 11.0 Å². The molecule has 3 heterocycles. The van der Waals surface area contributed by atoms with E-state index >= 15 is 0 Å². The largest absolute Gasteiger partial charge is 0.334 e. The third-order valence-corrected chi connectivity index (χ3v) is 3.84. The zero-order valence-corrected chi connectivity index (χ0v) is 11.2. The molecule has 1 aromatic carbocycles. The maximum atomic E-state index is 4.69. The first-order chi connectivity index (χ1) is 9.81. The maximum Gasteiger partial charge on any atom is 0.134 e. The first kappa shape index (κ1) is 11.5. The Labute approximate surface area is 116 Å². The number of hydrogen-bond acceptors (Lipinski definition) is 4. The van der Waals surface area contributed by atoms with Gasteiger partial charge in [-0.05, 0) is 18.2 Å². The van der Waals surface area contributed by atoms with Crippen molar-refractivity contribution in [3.05, 3.63) is 42.6 Å². The first-order valence-corrected chi connectivity index (χ1v) is 6.76. The summed E-state index contributed by atoms with van der Waals surface area (Å²) in [5.74, 6) is 1.39. The molecule has 4 rings (SSSR count). The van der Waals surface area contributed by atoms with E-state index in [1.54, 1.807) is 0 Å². The van der Waals surface area contributed by atoms with E-state index in [1.165, 1.54) is 0 Å². The Balaban J connectivity index is 1.77. The summed E-state index contributed by atoms with van der Waals surface area (Å²) in [5, 5.41) is 3.25. The van der Waals surface area contributed by atoms with Crippen molar-refractivity contribution in [2.24, 2.45) is 7.05 Å². The number of nitrogens with one attached hydrogen (secondary N) is 1. The van der Waals surface area contributed by atoms with Crippen LogP contribution in [0.1, 0.15) is 11.7 Å². The third-order valence-electron chi connectivity index (χ3n) is 3.84. The second-order valence-corrected chi connectivity index (χ2v) is 5.21. The summed E-state index contributed by atoms with van der Waals surface area (Å²) in [7, 11) is 2.00. The first-order valence-electron chi connectivity index (χ1n) is 6.76. The van der Waals surface area contributed by atoms with Crippen LogP contribution in [0.15, 0.2) is 36.8 Å². The SMILES string of the molecule is Cn1cnc2cc(-c3ccnc(C4CNC4)n3)ccc21. The molecule has 5 heteroatoms. The molecule has 1 N–H and O–H groups in total. The van der Waals surface area contributed by atoms with Gasteiger partial charge in [-0.1, -0.05) is 6.07 Å². The summed E-state index contributed by atoms with van der Waals surface area (Å²) in [6.07, 6.45) is 3.68. The van der Waals surface area contributed by atoms with E-state index in [2.05, 4.69) is 33.5 Å². The molecule has 5 nitrogen and oxygen atoms in total. The van der Waals surface area contributed by atoms with Crippen molar-refractivity contribution in [2.75, 3.05) is 13.1 Å². The van der Waals surface area contributed by atoms with Gasteiger partial charge in [0.1, 0.15) is 5.82 Å². The second kappa shape index (κ2) is 4.38. The molecule has 0 spiro atoms. The molecule has 20 heavy (non-hydrogen) atoms. The molecule has 0 amide bonds. The van der Waals surface area contributed by atoms with Crippen molar-refractivity contribution in [1.82, 2.24) is 24.8 Å². The minimum Gasteiger partial charge on any atom is -0.334 e. The molecule has 0 aliphatic carbocycles. The summed E-state index contributed by atoms with van der Waals surface area (Å²) in [6.45, 7) is 1.95. The highest BCUT2D eigenvalue weighted by atomic mass is 15.0. The van der Waals surface area contributed by atoms with E-state index in [0.29, 0.717) is 5.92 Å². The van der Waals surface area contributed by atoms with E-state index < -0.39 is 0 Å². The van der Waals surface area contributed by atoms with Crippen LogP contribution in [0.5, 0.6) is 0 Å². The molecule has 0 radical (unpaired) electrons. The Bertz CT molecular complexity index is 773. The minimum absolute atomic E-state index is 0.452. The zero-order chi connectivity index (χ0) is 13.5. The number of benzene rings is 1. The minimum atomic E-state index is 0.452. The smallest absolute Gasteiger partial charge is 0.134 e. The summed E-state index contributed by atoms with van der Waals surface area (Å²) >= 11 is 0. The van der Waals surface area contributed by atoms with Crippen LogP contribution in [0, 0.1) is 0 Å². The fraction of sp³-hybridized carbons (Fsp3) is 0.267. The lowest BCUT2D eigenvalue weighted by Gasteiger charge is -2.25. The summed E-state index contributed by atoms with van der Waals surface area (Å²) < 4.78 is 2.02. The number of aromatic nitrogens is 4. The Hall–Kier alpha value is -2.27. The van der Waals surface area contributed by atoms with Gasteiger partial charge in [-0.3, -0.25) is 0 Å². The van der Waals surface area contributed by atoms with Crippen molar-refractivity contribution in [3.63, 3.8) is 0 Å². The average Bonchev–Trinajstić information content (AvgIpc) is 2.78. The lowest BCUT2D eigenvalue weighted by atomic mass is 10.0. The van der Waals surface area contributed by atoms with E-state index in [9.17, 15) is 0 Å². The average molecular weight is 265 g/mol. The molecule has 0 atom stereocenters. The van der Waals surface area contributed by atoms with Crippen LogP contribution in [-0.4, -0.2) is 32.6 Å². The zero-order valence-electron chi connectivity index (χ0n) is 11.2. The van der Waals surface area contributed by atoms with Crippen molar-refractivity contribution in [1.29, 1.82) is 0 Å². The third kappa shape index (κ3) is 1.78. The van der Waals surface area contributed by atoms with Crippen LogP contribution in [0.4, 0.5) is 0 Å². The highest BCUT2D eigenvalue weighted by Crippen LogP contribution is 2.24. The number of fused-ring (bicyclic) bond motifs is 1. The second-order valence-electron chi connectivity index (χ2n) is 5.21. The molecular weight excluding hydrogens is 250 g/mol. The molecular formula is C15H15N5. The number of aryl methyl sites for hydroxylation is 1. The molecule has 1 aliphatic heterocycles. The van der Waals surface area contributed by atoms with Crippen LogP contribution < -0.4 is 5.32 Å². The van der Waals surface area contributed by atoms with Gasteiger partial charge in [-0.2, -0.15) is 0 Å². The Morgan fingerprint density at radius 3 is 2.90 bits per heavy atom. The summed E-state index contributed by atoms with van der Waals surface area (Å²) in [5.41, 5.74) is 4.18. The van der Waals surface area contributed by atoms with Crippen molar-refractivity contribution in [2.45, 2.75) is 5.92 Å². The maximum absolute atomic E-state index is 4.69. The molecule has 100 valence electrons. The molecule has 0 unspecified atom stereocenters. The molecule has 3 aromatic rings. The molecule has 1 saturated heterocycles. The van der Waals surface area contributed by atoms with Gasteiger partial charge in [0, 0.05) is 37.8 Å². The van der Waals surface area contributed by atoms with Gasteiger partial charge in [0.25, 0.3) is 0 Å². The molecule has 0 saturated carbocycles. The molecule has 1 aliphatic rings. The fourth-order valence-electron chi connectivity index (χ4n) is 2.50. The Morgan fingerprint density at radius 2 is 2.10 bits per heavy atom. The van der Waals surface area contributed by atoms with E-state index in [4.69, 9.17) is 4.98 Å². The lowest BCUT2D eigenvalue weighted by Crippen LogP contribution is -2.40. The molecule has 2 aromatic heterocycles. The van der Waals surface area contributed by atoms with E-state index in [0.717, 1.165) is 41.2 Å². The summed E-state index contributed by atoms with van der Waals surface area (Å²) in [4.78, 5) is 13.5. The van der Waals surface area contributed by atoms with Crippen molar-refractivity contribution < 1.29 is 0 Å². The predicted octanol–water partition coefficient (Wildman–Crippen LogP) is 1.72.